The Bertz CT molecular complexity index is 1140. The van der Waals surface area contributed by atoms with Crippen LogP contribution in [0.2, 0.25) is 0 Å². The highest BCUT2D eigenvalue weighted by Gasteiger charge is 2.13. The topological polar surface area (TPSA) is 85.1 Å². The molecular weight excluding hydrogens is 338 g/mol. The van der Waals surface area contributed by atoms with Crippen LogP contribution in [0.4, 0.5) is 11.5 Å². The SMILES string of the molecule is Cc1ccc(-c2nc3ccccn3c2N=Nc2ccc(C(N)=O)cc2)cc1. The smallest absolute Gasteiger partial charge is 0.248 e. The summed E-state index contributed by atoms with van der Waals surface area (Å²) < 4.78 is 1.90. The van der Waals surface area contributed by atoms with Gasteiger partial charge in [0.1, 0.15) is 11.3 Å². The Labute approximate surface area is 156 Å². The fourth-order valence-electron chi connectivity index (χ4n) is 2.78. The summed E-state index contributed by atoms with van der Waals surface area (Å²) >= 11 is 0. The Morgan fingerprint density at radius 1 is 0.963 bits per heavy atom. The maximum absolute atomic E-state index is 11.2. The molecule has 0 unspecified atom stereocenters. The Morgan fingerprint density at radius 3 is 2.41 bits per heavy atom. The molecular formula is C21H17N5O. The molecule has 132 valence electrons. The molecule has 0 aliphatic carbocycles. The van der Waals surface area contributed by atoms with Crippen molar-refractivity contribution in [3.63, 3.8) is 0 Å². The van der Waals surface area contributed by atoms with Crippen LogP contribution in [0.3, 0.4) is 0 Å². The maximum atomic E-state index is 11.2. The first-order valence-electron chi connectivity index (χ1n) is 8.47. The van der Waals surface area contributed by atoms with Gasteiger partial charge in [-0.25, -0.2) is 4.98 Å². The minimum atomic E-state index is -0.470. The summed E-state index contributed by atoms with van der Waals surface area (Å²) in [5.74, 6) is 0.176. The lowest BCUT2D eigenvalue weighted by atomic mass is 10.1. The highest BCUT2D eigenvalue weighted by molar-refractivity contribution is 5.93. The summed E-state index contributed by atoms with van der Waals surface area (Å²) in [6.07, 6.45) is 1.91. The van der Waals surface area contributed by atoms with E-state index in [1.165, 1.54) is 5.56 Å². The van der Waals surface area contributed by atoms with E-state index in [4.69, 9.17) is 10.7 Å². The van der Waals surface area contributed by atoms with Crippen LogP contribution in [0.15, 0.2) is 83.2 Å². The van der Waals surface area contributed by atoms with Gasteiger partial charge >= 0.3 is 0 Å². The Kier molecular flexibility index (Phi) is 4.22. The number of benzene rings is 2. The Morgan fingerprint density at radius 2 is 1.70 bits per heavy atom. The van der Waals surface area contributed by atoms with Gasteiger partial charge in [-0.2, -0.15) is 0 Å². The maximum Gasteiger partial charge on any atom is 0.248 e. The molecule has 4 aromatic rings. The van der Waals surface area contributed by atoms with E-state index in [0.29, 0.717) is 17.1 Å². The number of nitrogens with zero attached hydrogens (tertiary/aromatic N) is 4. The van der Waals surface area contributed by atoms with Crippen molar-refractivity contribution in [1.82, 2.24) is 9.38 Å². The lowest BCUT2D eigenvalue weighted by Crippen LogP contribution is -2.10. The number of azo groups is 1. The first-order chi connectivity index (χ1) is 13.1. The Hall–Kier alpha value is -3.80. The summed E-state index contributed by atoms with van der Waals surface area (Å²) in [5.41, 5.74) is 10.0. The number of imidazole rings is 1. The third-order valence-electron chi connectivity index (χ3n) is 4.24. The predicted octanol–water partition coefficient (Wildman–Crippen LogP) is 4.82. The third kappa shape index (κ3) is 3.32. The molecule has 1 amide bonds. The largest absolute Gasteiger partial charge is 0.366 e. The molecule has 6 nitrogen and oxygen atoms in total. The molecule has 0 saturated carbocycles. The van der Waals surface area contributed by atoms with Crippen molar-refractivity contribution in [1.29, 1.82) is 0 Å². The number of hydrogen-bond acceptors (Lipinski definition) is 4. The van der Waals surface area contributed by atoms with Crippen molar-refractivity contribution in [2.24, 2.45) is 16.0 Å². The van der Waals surface area contributed by atoms with E-state index in [1.54, 1.807) is 24.3 Å². The van der Waals surface area contributed by atoms with Crippen molar-refractivity contribution < 1.29 is 4.79 Å². The zero-order valence-corrected chi connectivity index (χ0v) is 14.7. The van der Waals surface area contributed by atoms with E-state index >= 15 is 0 Å². The number of hydrogen-bond donors (Lipinski definition) is 1. The molecule has 0 aliphatic heterocycles. The first-order valence-corrected chi connectivity index (χ1v) is 8.47. The van der Waals surface area contributed by atoms with Crippen LogP contribution in [0.5, 0.6) is 0 Å². The monoisotopic (exact) mass is 355 g/mol. The standard InChI is InChI=1S/C21H17N5O/c1-14-5-7-15(8-6-14)19-21(26-13-3-2-4-18(26)23-19)25-24-17-11-9-16(10-12-17)20(22)27/h2-13H,1H3,(H2,22,27). The summed E-state index contributed by atoms with van der Waals surface area (Å²) in [6, 6.07) is 20.6. The molecule has 2 N–H and O–H groups in total. The normalized spacial score (nSPS) is 11.3. The van der Waals surface area contributed by atoms with Gasteiger partial charge in [-0.1, -0.05) is 35.9 Å². The minimum absolute atomic E-state index is 0.434. The van der Waals surface area contributed by atoms with E-state index in [-0.39, 0.29) is 0 Å². The molecule has 0 aliphatic rings. The van der Waals surface area contributed by atoms with Gasteiger partial charge in [0.25, 0.3) is 0 Å². The van der Waals surface area contributed by atoms with Crippen LogP contribution >= 0.6 is 0 Å². The molecule has 2 heterocycles. The van der Waals surface area contributed by atoms with Gasteiger partial charge in [-0.15, -0.1) is 10.2 Å². The second-order valence-corrected chi connectivity index (χ2v) is 6.19. The fraction of sp³-hybridized carbons (Fsp3) is 0.0476. The molecule has 0 bridgehead atoms. The molecule has 27 heavy (non-hydrogen) atoms. The Balaban J connectivity index is 1.78. The average molecular weight is 355 g/mol. The molecule has 6 heteroatoms. The zero-order valence-electron chi connectivity index (χ0n) is 14.7. The quantitative estimate of drug-likeness (QED) is 0.532. The van der Waals surface area contributed by atoms with Gasteiger partial charge in [0.2, 0.25) is 5.91 Å². The van der Waals surface area contributed by atoms with Crippen LogP contribution in [0.1, 0.15) is 15.9 Å². The number of carbonyl (C=O) groups excluding carboxylic acids is 1. The number of fused-ring (bicyclic) bond motifs is 1. The average Bonchev–Trinajstić information content (AvgIpc) is 3.06. The van der Waals surface area contributed by atoms with Gasteiger partial charge in [0, 0.05) is 17.3 Å². The van der Waals surface area contributed by atoms with Crippen molar-refractivity contribution in [3.05, 3.63) is 84.1 Å². The van der Waals surface area contributed by atoms with Crippen molar-refractivity contribution in [3.8, 4) is 11.3 Å². The van der Waals surface area contributed by atoms with Gasteiger partial charge in [0.05, 0.1) is 5.69 Å². The molecule has 0 fully saturated rings. The molecule has 0 spiro atoms. The predicted molar refractivity (Wildman–Crippen MR) is 105 cm³/mol. The molecule has 2 aromatic carbocycles. The van der Waals surface area contributed by atoms with E-state index in [0.717, 1.165) is 16.9 Å². The van der Waals surface area contributed by atoms with Crippen molar-refractivity contribution in [2.75, 3.05) is 0 Å². The summed E-state index contributed by atoms with van der Waals surface area (Å²) in [7, 11) is 0. The van der Waals surface area contributed by atoms with Gasteiger partial charge in [0.15, 0.2) is 5.82 Å². The van der Waals surface area contributed by atoms with Crippen molar-refractivity contribution >= 4 is 23.1 Å². The van der Waals surface area contributed by atoms with Gasteiger partial charge in [-0.05, 0) is 43.3 Å². The van der Waals surface area contributed by atoms with E-state index in [1.807, 2.05) is 60.0 Å². The van der Waals surface area contributed by atoms with Crippen LogP contribution in [0, 0.1) is 6.92 Å². The van der Waals surface area contributed by atoms with Crippen LogP contribution < -0.4 is 5.73 Å². The number of nitrogens with two attached hydrogens (primary N) is 1. The number of aryl methyl sites for hydroxylation is 1. The van der Waals surface area contributed by atoms with Crippen LogP contribution in [-0.2, 0) is 0 Å². The zero-order chi connectivity index (χ0) is 18.8. The summed E-state index contributed by atoms with van der Waals surface area (Å²) in [4.78, 5) is 15.9. The third-order valence-corrected chi connectivity index (χ3v) is 4.24. The highest BCUT2D eigenvalue weighted by Crippen LogP contribution is 2.32. The molecule has 4 rings (SSSR count). The number of carbonyl (C=O) groups is 1. The lowest BCUT2D eigenvalue weighted by Gasteiger charge is -2.01. The number of primary amides is 1. The van der Waals surface area contributed by atoms with E-state index < -0.39 is 5.91 Å². The minimum Gasteiger partial charge on any atom is -0.366 e. The van der Waals surface area contributed by atoms with E-state index in [9.17, 15) is 4.79 Å². The van der Waals surface area contributed by atoms with Crippen LogP contribution in [0.25, 0.3) is 16.9 Å². The van der Waals surface area contributed by atoms with E-state index in [2.05, 4.69) is 10.2 Å². The molecule has 0 radical (unpaired) electrons. The number of rotatable bonds is 4. The van der Waals surface area contributed by atoms with Gasteiger partial charge < -0.3 is 5.73 Å². The number of pyridine rings is 1. The van der Waals surface area contributed by atoms with Gasteiger partial charge in [-0.3, -0.25) is 9.20 Å². The molecule has 2 aromatic heterocycles. The summed E-state index contributed by atoms with van der Waals surface area (Å²) in [6.45, 7) is 2.05. The first kappa shape index (κ1) is 16.7. The molecule has 0 saturated heterocycles. The number of aromatic nitrogens is 2. The van der Waals surface area contributed by atoms with Crippen molar-refractivity contribution in [2.45, 2.75) is 6.92 Å². The molecule has 0 atom stereocenters. The number of amides is 1. The highest BCUT2D eigenvalue weighted by atomic mass is 16.1. The second kappa shape index (κ2) is 6.84. The van der Waals surface area contributed by atoms with Crippen LogP contribution in [-0.4, -0.2) is 15.3 Å². The lowest BCUT2D eigenvalue weighted by molar-refractivity contribution is 0.100. The fourth-order valence-corrected chi connectivity index (χ4v) is 2.78. The summed E-state index contributed by atoms with van der Waals surface area (Å²) in [5, 5.41) is 8.76. The second-order valence-electron chi connectivity index (χ2n) is 6.19.